The summed E-state index contributed by atoms with van der Waals surface area (Å²) in [6, 6.07) is 8.95. The van der Waals surface area contributed by atoms with Gasteiger partial charge in [0.15, 0.2) is 5.96 Å². The molecule has 0 heterocycles. The lowest BCUT2D eigenvalue weighted by atomic mass is 9.96. The fourth-order valence-corrected chi connectivity index (χ4v) is 4.07. The zero-order chi connectivity index (χ0) is 18.4. The molecule has 6 heteroatoms. The molecule has 142 valence electrons. The molecule has 0 aromatic heterocycles. The van der Waals surface area contributed by atoms with Crippen molar-refractivity contribution < 1.29 is 4.79 Å². The van der Waals surface area contributed by atoms with Gasteiger partial charge in [-0.1, -0.05) is 40.9 Å². The van der Waals surface area contributed by atoms with Gasteiger partial charge in [0, 0.05) is 42.5 Å². The van der Waals surface area contributed by atoms with E-state index in [-0.39, 0.29) is 11.3 Å². The first-order valence-corrected chi connectivity index (χ1v) is 10.4. The smallest absolute Gasteiger partial charge is 0.221 e. The van der Waals surface area contributed by atoms with Crippen molar-refractivity contribution in [1.29, 1.82) is 0 Å². The zero-order valence-electron chi connectivity index (χ0n) is 15.5. The van der Waals surface area contributed by atoms with Crippen LogP contribution in [0.2, 0.25) is 0 Å². The number of benzene rings is 1. The van der Waals surface area contributed by atoms with E-state index in [0.717, 1.165) is 29.8 Å². The minimum absolute atomic E-state index is 0.132. The van der Waals surface area contributed by atoms with E-state index >= 15 is 0 Å². The number of hydrogen-bond donors (Lipinski definition) is 3. The highest BCUT2D eigenvalue weighted by atomic mass is 79.9. The number of aliphatic imine (C=N–C) groups is 1. The van der Waals surface area contributed by atoms with E-state index in [1.165, 1.54) is 31.2 Å². The van der Waals surface area contributed by atoms with Crippen LogP contribution >= 0.6 is 15.9 Å². The summed E-state index contributed by atoms with van der Waals surface area (Å²) in [7, 11) is 1.77. The lowest BCUT2D eigenvalue weighted by molar-refractivity contribution is -0.121. The number of rotatable bonds is 7. The van der Waals surface area contributed by atoms with E-state index in [9.17, 15) is 4.79 Å². The van der Waals surface area contributed by atoms with E-state index in [1.54, 1.807) is 7.05 Å². The third-order valence-corrected chi connectivity index (χ3v) is 5.97. The largest absolute Gasteiger partial charge is 0.356 e. The topological polar surface area (TPSA) is 65.5 Å². The quantitative estimate of drug-likeness (QED) is 0.468. The Bertz CT molecular complexity index is 651. The molecule has 0 aliphatic heterocycles. The molecule has 0 unspecified atom stereocenters. The van der Waals surface area contributed by atoms with E-state index in [4.69, 9.17) is 0 Å². The minimum Gasteiger partial charge on any atom is -0.356 e. The summed E-state index contributed by atoms with van der Waals surface area (Å²) in [6.07, 6.45) is 7.58. The minimum atomic E-state index is 0.132. The number of carbonyl (C=O) groups is 1. The second-order valence-electron chi connectivity index (χ2n) is 7.44. The third kappa shape index (κ3) is 5.22. The molecule has 1 aromatic rings. The monoisotopic (exact) mass is 420 g/mol. The van der Waals surface area contributed by atoms with Crippen molar-refractivity contribution in [3.63, 3.8) is 0 Å². The number of carbonyl (C=O) groups excluding carboxylic acids is 1. The maximum atomic E-state index is 12.0. The Balaban J connectivity index is 1.40. The summed E-state index contributed by atoms with van der Waals surface area (Å²) in [5, 5.41) is 9.81. The number of halogens is 1. The van der Waals surface area contributed by atoms with Crippen LogP contribution < -0.4 is 16.0 Å². The van der Waals surface area contributed by atoms with Gasteiger partial charge < -0.3 is 16.0 Å². The first kappa shape index (κ1) is 19.2. The second kappa shape index (κ2) is 8.89. The van der Waals surface area contributed by atoms with Gasteiger partial charge in [-0.25, -0.2) is 0 Å². The molecule has 0 saturated heterocycles. The first-order chi connectivity index (χ1) is 12.6. The summed E-state index contributed by atoms with van der Waals surface area (Å²) < 4.78 is 1.12. The average Bonchev–Trinajstić information content (AvgIpc) is 3.26. The number of guanidine groups is 1. The van der Waals surface area contributed by atoms with Gasteiger partial charge in [-0.2, -0.15) is 0 Å². The van der Waals surface area contributed by atoms with E-state index in [2.05, 4.69) is 61.1 Å². The number of hydrogen-bond acceptors (Lipinski definition) is 2. The zero-order valence-corrected chi connectivity index (χ0v) is 17.1. The van der Waals surface area contributed by atoms with Crippen molar-refractivity contribution in [2.75, 3.05) is 20.1 Å². The summed E-state index contributed by atoms with van der Waals surface area (Å²) in [6.45, 7) is 1.46. The molecule has 0 atom stereocenters. The Hall–Kier alpha value is -1.56. The molecule has 2 aliphatic carbocycles. The van der Waals surface area contributed by atoms with Crippen molar-refractivity contribution >= 4 is 27.8 Å². The highest BCUT2D eigenvalue weighted by Gasteiger charge is 2.44. The molecule has 3 rings (SSSR count). The molecule has 26 heavy (non-hydrogen) atoms. The standard InChI is InChI=1S/C20H29BrN4O/c1-22-19(23-12-9-18(26)25-17-7-2-3-8-17)24-14-20(10-11-20)15-5-4-6-16(21)13-15/h4-6,13,17H,2-3,7-12,14H2,1H3,(H,25,26)(H2,22,23,24). The van der Waals surface area contributed by atoms with Gasteiger partial charge in [0.1, 0.15) is 0 Å². The molecule has 3 N–H and O–H groups in total. The van der Waals surface area contributed by atoms with Crippen LogP contribution in [0.4, 0.5) is 0 Å². The fourth-order valence-electron chi connectivity index (χ4n) is 3.67. The number of nitrogens with one attached hydrogen (secondary N) is 3. The van der Waals surface area contributed by atoms with Gasteiger partial charge in [0.05, 0.1) is 0 Å². The van der Waals surface area contributed by atoms with Crippen molar-refractivity contribution in [3.05, 3.63) is 34.3 Å². The highest BCUT2D eigenvalue weighted by molar-refractivity contribution is 9.10. The first-order valence-electron chi connectivity index (χ1n) is 9.61. The van der Waals surface area contributed by atoms with E-state index in [0.29, 0.717) is 19.0 Å². The van der Waals surface area contributed by atoms with Crippen molar-refractivity contribution in [2.45, 2.75) is 56.4 Å². The van der Waals surface area contributed by atoms with Crippen LogP contribution in [-0.4, -0.2) is 38.0 Å². The molecule has 1 amide bonds. The van der Waals surface area contributed by atoms with Crippen molar-refractivity contribution in [1.82, 2.24) is 16.0 Å². The van der Waals surface area contributed by atoms with Crippen LogP contribution in [0.25, 0.3) is 0 Å². The van der Waals surface area contributed by atoms with Crippen LogP contribution in [0.15, 0.2) is 33.7 Å². The molecular formula is C20H29BrN4O. The molecule has 5 nitrogen and oxygen atoms in total. The van der Waals surface area contributed by atoms with Crippen LogP contribution in [-0.2, 0) is 10.2 Å². The van der Waals surface area contributed by atoms with Gasteiger partial charge in [0.2, 0.25) is 5.91 Å². The van der Waals surface area contributed by atoms with Crippen LogP contribution in [0, 0.1) is 0 Å². The van der Waals surface area contributed by atoms with E-state index < -0.39 is 0 Å². The summed E-state index contributed by atoms with van der Waals surface area (Å²) in [5.41, 5.74) is 1.58. The van der Waals surface area contributed by atoms with Crippen LogP contribution in [0.3, 0.4) is 0 Å². The molecule has 2 saturated carbocycles. The van der Waals surface area contributed by atoms with Crippen molar-refractivity contribution in [2.24, 2.45) is 4.99 Å². The second-order valence-corrected chi connectivity index (χ2v) is 8.36. The summed E-state index contributed by atoms with van der Waals surface area (Å²) in [5.74, 6) is 0.896. The lowest BCUT2D eigenvalue weighted by Crippen LogP contribution is -2.43. The van der Waals surface area contributed by atoms with Crippen LogP contribution in [0.5, 0.6) is 0 Å². The molecule has 2 aliphatic rings. The maximum absolute atomic E-state index is 12.0. The predicted octanol–water partition coefficient (Wildman–Crippen LogP) is 3.09. The van der Waals surface area contributed by atoms with Gasteiger partial charge in [-0.05, 0) is 43.4 Å². The highest BCUT2D eigenvalue weighted by Crippen LogP contribution is 2.48. The molecule has 0 bridgehead atoms. The Morgan fingerprint density at radius 3 is 2.69 bits per heavy atom. The van der Waals surface area contributed by atoms with Gasteiger partial charge in [-0.15, -0.1) is 0 Å². The number of nitrogens with zero attached hydrogens (tertiary/aromatic N) is 1. The number of amides is 1. The Kier molecular flexibility index (Phi) is 6.57. The predicted molar refractivity (Wildman–Crippen MR) is 109 cm³/mol. The lowest BCUT2D eigenvalue weighted by Gasteiger charge is -2.19. The average molecular weight is 421 g/mol. The normalized spacial score (nSPS) is 19.2. The Morgan fingerprint density at radius 2 is 2.04 bits per heavy atom. The van der Waals surface area contributed by atoms with Gasteiger partial charge in [0.25, 0.3) is 0 Å². The SMILES string of the molecule is CN=C(NCCC(=O)NC1CCCC1)NCC1(c2cccc(Br)c2)CC1. The molecular weight excluding hydrogens is 392 g/mol. The molecule has 0 radical (unpaired) electrons. The maximum Gasteiger partial charge on any atom is 0.221 e. The molecule has 0 spiro atoms. The van der Waals surface area contributed by atoms with E-state index in [1.807, 2.05) is 0 Å². The van der Waals surface area contributed by atoms with Gasteiger partial charge >= 0.3 is 0 Å². The molecule has 2 fully saturated rings. The summed E-state index contributed by atoms with van der Waals surface area (Å²) in [4.78, 5) is 16.3. The third-order valence-electron chi connectivity index (χ3n) is 5.47. The van der Waals surface area contributed by atoms with Crippen molar-refractivity contribution in [3.8, 4) is 0 Å². The molecule has 1 aromatic carbocycles. The van der Waals surface area contributed by atoms with Crippen LogP contribution in [0.1, 0.15) is 50.5 Å². The Morgan fingerprint density at radius 1 is 1.27 bits per heavy atom. The summed E-state index contributed by atoms with van der Waals surface area (Å²) >= 11 is 3.56. The van der Waals surface area contributed by atoms with Gasteiger partial charge in [-0.3, -0.25) is 9.79 Å². The fraction of sp³-hybridized carbons (Fsp3) is 0.600. The Labute approximate surface area is 164 Å².